The van der Waals surface area contributed by atoms with Crippen LogP contribution >= 0.6 is 0 Å². The van der Waals surface area contributed by atoms with Crippen molar-refractivity contribution < 1.29 is 38.0 Å². The topological polar surface area (TPSA) is 89.5 Å². The Morgan fingerprint density at radius 3 is 1.38 bits per heavy atom. The second-order valence-electron chi connectivity index (χ2n) is 9.41. The van der Waals surface area contributed by atoms with Crippen LogP contribution in [-0.2, 0) is 15.0 Å². The van der Waals surface area contributed by atoms with Gasteiger partial charge in [0, 0.05) is 27.7 Å². The first-order valence-electron chi connectivity index (χ1n) is 13.6. The number of benzene rings is 2. The highest BCUT2D eigenvalue weighted by molar-refractivity contribution is 5.90. The maximum Gasteiger partial charge on any atom is 0.338 e. The molecular formula is C32H42O8. The molecule has 0 aliphatic heterocycles. The van der Waals surface area contributed by atoms with Crippen LogP contribution in [0, 0.1) is 0 Å². The van der Waals surface area contributed by atoms with Gasteiger partial charge in [0.1, 0.15) is 0 Å². The highest BCUT2D eigenvalue weighted by Gasteiger charge is 2.35. The summed E-state index contributed by atoms with van der Waals surface area (Å²) in [5.74, 6) is 0.904. The zero-order chi connectivity index (χ0) is 30.0. The van der Waals surface area contributed by atoms with Crippen molar-refractivity contribution in [2.24, 2.45) is 0 Å². The van der Waals surface area contributed by atoms with E-state index in [4.69, 9.17) is 28.4 Å². The van der Waals surface area contributed by atoms with Crippen LogP contribution in [0.5, 0.6) is 34.5 Å². The number of carbonyl (C=O) groups excluding carboxylic acids is 2. The van der Waals surface area contributed by atoms with Crippen molar-refractivity contribution in [3.05, 3.63) is 59.7 Å². The maximum absolute atomic E-state index is 12.5. The summed E-state index contributed by atoms with van der Waals surface area (Å²) in [5, 5.41) is 0. The summed E-state index contributed by atoms with van der Waals surface area (Å²) in [6.07, 6.45) is 0.465. The lowest BCUT2D eigenvalue weighted by Crippen LogP contribution is -2.23. The Morgan fingerprint density at radius 1 is 0.650 bits per heavy atom. The molecule has 0 N–H and O–H groups in total. The lowest BCUT2D eigenvalue weighted by molar-refractivity contribution is -0.131. The fourth-order valence-electron chi connectivity index (χ4n) is 4.02. The summed E-state index contributed by atoms with van der Waals surface area (Å²) in [5.41, 5.74) is 1.40. The van der Waals surface area contributed by atoms with Crippen molar-refractivity contribution in [1.29, 1.82) is 0 Å². The number of ether oxygens (including phenoxy) is 6. The predicted octanol–water partition coefficient (Wildman–Crippen LogP) is 6.96. The van der Waals surface area contributed by atoms with Gasteiger partial charge in [-0.2, -0.15) is 0 Å². The van der Waals surface area contributed by atoms with Crippen LogP contribution in [0.2, 0.25) is 0 Å². The third-order valence-electron chi connectivity index (χ3n) is 6.12. The van der Waals surface area contributed by atoms with Crippen molar-refractivity contribution in [2.45, 2.75) is 67.2 Å². The van der Waals surface area contributed by atoms with Crippen molar-refractivity contribution in [3.63, 3.8) is 0 Å². The average molecular weight is 555 g/mol. The van der Waals surface area contributed by atoms with E-state index in [0.29, 0.717) is 61.4 Å². The molecule has 8 nitrogen and oxygen atoms in total. The smallest absolute Gasteiger partial charge is 0.338 e. The van der Waals surface area contributed by atoms with Crippen LogP contribution in [0.3, 0.4) is 0 Å². The van der Waals surface area contributed by atoms with Gasteiger partial charge < -0.3 is 28.4 Å². The zero-order valence-corrected chi connectivity index (χ0v) is 25.0. The molecule has 0 saturated carbocycles. The van der Waals surface area contributed by atoms with Gasteiger partial charge in [0.25, 0.3) is 0 Å². The van der Waals surface area contributed by atoms with E-state index in [2.05, 4.69) is 13.2 Å². The Hall–Kier alpha value is -3.94. The van der Waals surface area contributed by atoms with Crippen LogP contribution in [0.25, 0.3) is 0 Å². The second-order valence-corrected chi connectivity index (χ2v) is 9.41. The summed E-state index contributed by atoms with van der Waals surface area (Å²) < 4.78 is 35.4. The number of hydrogen-bond acceptors (Lipinski definition) is 8. The van der Waals surface area contributed by atoms with E-state index >= 15 is 0 Å². The third kappa shape index (κ3) is 7.17. The highest BCUT2D eigenvalue weighted by Crippen LogP contribution is 2.52. The largest absolute Gasteiger partial charge is 0.490 e. The van der Waals surface area contributed by atoms with Crippen LogP contribution in [0.15, 0.2) is 48.6 Å². The third-order valence-corrected chi connectivity index (χ3v) is 6.12. The molecule has 0 aromatic heterocycles. The van der Waals surface area contributed by atoms with Gasteiger partial charge in [-0.25, -0.2) is 9.59 Å². The van der Waals surface area contributed by atoms with Crippen LogP contribution in [-0.4, -0.2) is 38.4 Å². The minimum Gasteiger partial charge on any atom is -0.490 e. The molecule has 40 heavy (non-hydrogen) atoms. The highest BCUT2D eigenvalue weighted by atomic mass is 16.6. The summed E-state index contributed by atoms with van der Waals surface area (Å²) in [6.45, 7) is 23.6. The van der Waals surface area contributed by atoms with Crippen molar-refractivity contribution in [3.8, 4) is 34.5 Å². The molecule has 0 atom stereocenters. The van der Waals surface area contributed by atoms with Crippen LogP contribution in [0.4, 0.5) is 0 Å². The minimum absolute atomic E-state index is 0.233. The Kier molecular flexibility index (Phi) is 11.7. The molecule has 0 aliphatic rings. The molecule has 0 spiro atoms. The first-order valence-corrected chi connectivity index (χ1v) is 13.6. The lowest BCUT2D eigenvalue weighted by atomic mass is 9.76. The standard InChI is InChI=1S/C32H42O8/c1-11-21(8)31(34)40-25-19-17-23(27(36-13-3)29(25)38-15-5)32(9,10)22-16-18-24(39-30(33)20(6)7)28(37-14-4)26(22)35-12-2/h16-19H,6,8,11-15H2,1-5,7,9-10H3. The molecule has 0 radical (unpaired) electrons. The molecule has 2 rings (SSSR count). The SMILES string of the molecule is C=C(C)C(=O)Oc1ccc(C(C)(C)c2ccc(OC(=O)C(=C)CC)c(OCC)c2OCC)c(OCC)c1OCC. The van der Waals surface area contributed by atoms with Gasteiger partial charge in [0.2, 0.25) is 11.5 Å². The van der Waals surface area contributed by atoms with Crippen LogP contribution < -0.4 is 28.4 Å². The number of rotatable bonds is 15. The first-order chi connectivity index (χ1) is 19.0. The molecular weight excluding hydrogens is 512 g/mol. The van der Waals surface area contributed by atoms with E-state index in [-0.39, 0.29) is 17.1 Å². The monoisotopic (exact) mass is 554 g/mol. The minimum atomic E-state index is -0.737. The van der Waals surface area contributed by atoms with E-state index in [1.807, 2.05) is 60.6 Å². The van der Waals surface area contributed by atoms with Gasteiger partial charge in [-0.3, -0.25) is 0 Å². The summed E-state index contributed by atoms with van der Waals surface area (Å²) in [4.78, 5) is 24.9. The Morgan fingerprint density at radius 2 is 1.02 bits per heavy atom. The normalized spacial score (nSPS) is 10.9. The Bertz CT molecular complexity index is 1240. The Balaban J connectivity index is 2.81. The molecule has 0 bridgehead atoms. The molecule has 2 aromatic carbocycles. The van der Waals surface area contributed by atoms with E-state index in [1.165, 1.54) is 0 Å². The molecule has 0 amide bonds. The molecule has 0 saturated heterocycles. The number of esters is 2. The van der Waals surface area contributed by atoms with Gasteiger partial charge in [0.05, 0.1) is 26.4 Å². The van der Waals surface area contributed by atoms with E-state index in [1.54, 1.807) is 19.1 Å². The van der Waals surface area contributed by atoms with Gasteiger partial charge in [-0.05, 0) is 53.2 Å². The van der Waals surface area contributed by atoms with Gasteiger partial charge in [0.15, 0.2) is 23.0 Å². The van der Waals surface area contributed by atoms with Crippen molar-refractivity contribution in [2.75, 3.05) is 26.4 Å². The maximum atomic E-state index is 12.5. The predicted molar refractivity (Wildman–Crippen MR) is 155 cm³/mol. The summed E-state index contributed by atoms with van der Waals surface area (Å²) >= 11 is 0. The molecule has 0 fully saturated rings. The van der Waals surface area contributed by atoms with Gasteiger partial charge in [-0.1, -0.05) is 46.1 Å². The van der Waals surface area contributed by atoms with Gasteiger partial charge >= 0.3 is 11.9 Å². The summed E-state index contributed by atoms with van der Waals surface area (Å²) in [6, 6.07) is 7.06. The van der Waals surface area contributed by atoms with Crippen LogP contribution in [0.1, 0.15) is 72.9 Å². The number of hydrogen-bond donors (Lipinski definition) is 0. The molecule has 0 aliphatic carbocycles. The first kappa shape index (κ1) is 32.3. The fourth-order valence-corrected chi connectivity index (χ4v) is 4.02. The summed E-state index contributed by atoms with van der Waals surface area (Å²) in [7, 11) is 0. The van der Waals surface area contributed by atoms with Crippen molar-refractivity contribution in [1.82, 2.24) is 0 Å². The Labute approximate surface area is 237 Å². The zero-order valence-electron chi connectivity index (χ0n) is 25.0. The van der Waals surface area contributed by atoms with Gasteiger partial charge in [-0.15, -0.1) is 0 Å². The molecule has 218 valence electrons. The molecule has 0 heterocycles. The average Bonchev–Trinajstić information content (AvgIpc) is 2.91. The van der Waals surface area contributed by atoms with E-state index in [9.17, 15) is 9.59 Å². The van der Waals surface area contributed by atoms with Crippen molar-refractivity contribution >= 4 is 11.9 Å². The second kappa shape index (κ2) is 14.4. The molecule has 8 heteroatoms. The fraction of sp³-hybridized carbons (Fsp3) is 0.438. The van der Waals surface area contributed by atoms with E-state index < -0.39 is 17.4 Å². The molecule has 0 unspecified atom stereocenters. The number of carbonyl (C=O) groups is 2. The molecule has 2 aromatic rings. The lowest BCUT2D eigenvalue weighted by Gasteiger charge is -2.32. The quantitative estimate of drug-likeness (QED) is 0.133. The van der Waals surface area contributed by atoms with E-state index in [0.717, 1.165) is 11.1 Å².